The Morgan fingerprint density at radius 2 is 1.88 bits per heavy atom. The van der Waals surface area contributed by atoms with Crippen molar-refractivity contribution >= 4 is 29.2 Å². The van der Waals surface area contributed by atoms with Crippen LogP contribution in [0, 0.1) is 5.92 Å². The van der Waals surface area contributed by atoms with E-state index in [4.69, 9.17) is 4.74 Å². The van der Waals surface area contributed by atoms with Gasteiger partial charge in [-0.3, -0.25) is 14.6 Å². The number of hydrogen-bond donors (Lipinski definition) is 4. The summed E-state index contributed by atoms with van der Waals surface area (Å²) in [6.45, 7) is 5.22. The van der Waals surface area contributed by atoms with E-state index in [-0.39, 0.29) is 30.8 Å². The number of aliphatic hydroxyl groups is 1. The Morgan fingerprint density at radius 3 is 2.50 bits per heavy atom. The fourth-order valence-corrected chi connectivity index (χ4v) is 5.13. The van der Waals surface area contributed by atoms with Crippen LogP contribution in [-0.2, 0) is 27.4 Å². The summed E-state index contributed by atoms with van der Waals surface area (Å²) in [7, 11) is 0. The Kier molecular flexibility index (Phi) is 12.4. The molecule has 10 heteroatoms. The van der Waals surface area contributed by atoms with Gasteiger partial charge in [0.2, 0.25) is 11.8 Å². The first-order valence-electron chi connectivity index (χ1n) is 13.7. The Morgan fingerprint density at radius 1 is 1.10 bits per heavy atom. The number of aliphatic hydroxyl groups excluding tert-OH is 1. The van der Waals surface area contributed by atoms with Gasteiger partial charge in [0.05, 0.1) is 22.5 Å². The van der Waals surface area contributed by atoms with Gasteiger partial charge in [-0.05, 0) is 43.6 Å². The number of hydrogen-bond acceptors (Lipinski definition) is 7. The molecule has 2 aromatic rings. The molecule has 1 aliphatic carbocycles. The van der Waals surface area contributed by atoms with E-state index in [1.807, 2.05) is 56.3 Å². The highest BCUT2D eigenvalue weighted by atomic mass is 32.1. The minimum Gasteiger partial charge on any atom is -0.444 e. The number of carbonyl (C=O) groups excluding carboxylic acids is 3. The maximum absolute atomic E-state index is 13.3. The van der Waals surface area contributed by atoms with E-state index in [1.54, 1.807) is 11.7 Å². The monoisotopic (exact) mass is 568 g/mol. The molecule has 0 bridgehead atoms. The molecule has 4 atom stereocenters. The van der Waals surface area contributed by atoms with Crippen LogP contribution < -0.4 is 16.0 Å². The highest BCUT2D eigenvalue weighted by Gasteiger charge is 2.30. The van der Waals surface area contributed by atoms with E-state index in [1.165, 1.54) is 18.3 Å². The van der Waals surface area contributed by atoms with Crippen LogP contribution in [-0.4, -0.2) is 52.2 Å². The van der Waals surface area contributed by atoms with E-state index < -0.39 is 30.3 Å². The van der Waals surface area contributed by atoms with E-state index >= 15 is 0 Å². The Labute approximate surface area is 240 Å². The summed E-state index contributed by atoms with van der Waals surface area (Å²) in [5, 5.41) is 20.1. The summed E-state index contributed by atoms with van der Waals surface area (Å²) in [6, 6.07) is 7.81. The fraction of sp³-hybridized carbons (Fsp3) is 0.467. The van der Waals surface area contributed by atoms with Gasteiger partial charge in [-0.1, -0.05) is 68.0 Å². The van der Waals surface area contributed by atoms with Crippen molar-refractivity contribution in [2.45, 2.75) is 83.7 Å². The number of thiazole rings is 1. The molecule has 0 radical (unpaired) electrons. The van der Waals surface area contributed by atoms with E-state index in [0.29, 0.717) is 12.8 Å². The third-order valence-electron chi connectivity index (χ3n) is 6.68. The van der Waals surface area contributed by atoms with Crippen LogP contribution in [0.1, 0.15) is 56.9 Å². The number of alkyl carbamates (subject to hydrolysis) is 1. The third-order valence-corrected chi connectivity index (χ3v) is 7.44. The SMILES string of the molecule is CC(=O)NC(C(=O)N[C@@H](CC1=CC=CCC1)CC(O)[C@H](Cc1ccccc1)NC(=O)OCc1cncs1)C(C)C. The average molecular weight is 569 g/mol. The molecule has 3 rings (SSSR count). The largest absolute Gasteiger partial charge is 0.444 e. The molecule has 0 aliphatic heterocycles. The van der Waals surface area contributed by atoms with Crippen molar-refractivity contribution in [2.75, 3.05) is 0 Å². The smallest absolute Gasteiger partial charge is 0.407 e. The zero-order valence-corrected chi connectivity index (χ0v) is 24.2. The van der Waals surface area contributed by atoms with Gasteiger partial charge in [0.1, 0.15) is 12.6 Å². The normalized spacial score (nSPS) is 15.9. The molecule has 1 aromatic heterocycles. The number of rotatable bonds is 14. The van der Waals surface area contributed by atoms with Crippen molar-refractivity contribution < 1.29 is 24.2 Å². The number of nitrogens with one attached hydrogen (secondary N) is 3. The second-order valence-electron chi connectivity index (χ2n) is 10.4. The summed E-state index contributed by atoms with van der Waals surface area (Å²) >= 11 is 1.39. The Bertz CT molecular complexity index is 1150. The van der Waals surface area contributed by atoms with Gasteiger partial charge in [0.15, 0.2) is 0 Å². The summed E-state index contributed by atoms with van der Waals surface area (Å²) in [6.07, 6.45) is 9.06. The topological polar surface area (TPSA) is 130 Å². The quantitative estimate of drug-likeness (QED) is 0.272. The average Bonchev–Trinajstić information content (AvgIpc) is 3.45. The fourth-order valence-electron chi connectivity index (χ4n) is 4.63. The molecule has 40 heavy (non-hydrogen) atoms. The van der Waals surface area contributed by atoms with Crippen molar-refractivity contribution in [1.82, 2.24) is 20.9 Å². The first kappa shape index (κ1) is 31.0. The molecule has 0 saturated heterocycles. The lowest BCUT2D eigenvalue weighted by atomic mass is 9.91. The molecule has 2 unspecified atom stereocenters. The van der Waals surface area contributed by atoms with Crippen molar-refractivity contribution in [1.29, 1.82) is 0 Å². The minimum atomic E-state index is -0.987. The lowest BCUT2D eigenvalue weighted by Gasteiger charge is -2.30. The molecular weight excluding hydrogens is 528 g/mol. The maximum atomic E-state index is 13.3. The molecule has 0 fully saturated rings. The second kappa shape index (κ2) is 15.9. The molecule has 1 aromatic carbocycles. The Balaban J connectivity index is 1.75. The molecule has 216 valence electrons. The number of aromatic nitrogens is 1. The van der Waals surface area contributed by atoms with Gasteiger partial charge in [-0.25, -0.2) is 4.79 Å². The molecule has 0 spiro atoms. The number of ether oxygens (including phenoxy) is 1. The van der Waals surface area contributed by atoms with Crippen molar-refractivity contribution in [3.8, 4) is 0 Å². The summed E-state index contributed by atoms with van der Waals surface area (Å²) in [5.74, 6) is -0.701. The molecular formula is C30H40N4O5S. The van der Waals surface area contributed by atoms with Gasteiger partial charge in [-0.2, -0.15) is 0 Å². The molecule has 9 nitrogen and oxygen atoms in total. The lowest BCUT2D eigenvalue weighted by molar-refractivity contribution is -0.129. The second-order valence-corrected chi connectivity index (χ2v) is 11.4. The molecule has 1 aliphatic rings. The standard InChI is InChI=1S/C30H40N4O5S/c1-20(2)28(32-21(3)35)29(37)33-24(14-22-10-6-4-7-11-22)16-27(36)26(15-23-12-8-5-9-13-23)34-30(38)39-18-25-17-31-19-40-25/h4-6,8-10,12-13,17,19-20,24,26-28,36H,7,11,14-16,18H2,1-3H3,(H,32,35)(H,33,37)(H,34,38)/t24-,26-,27?,28?/m0/s1. The Hall–Kier alpha value is -3.50. The molecule has 0 saturated carbocycles. The van der Waals surface area contributed by atoms with E-state index in [2.05, 4.69) is 27.0 Å². The van der Waals surface area contributed by atoms with Crippen LogP contribution in [0.3, 0.4) is 0 Å². The van der Waals surface area contributed by atoms with Gasteiger partial charge in [0.25, 0.3) is 0 Å². The van der Waals surface area contributed by atoms with Crippen molar-refractivity contribution in [3.63, 3.8) is 0 Å². The van der Waals surface area contributed by atoms with Crippen LogP contribution >= 0.6 is 11.3 Å². The summed E-state index contributed by atoms with van der Waals surface area (Å²) < 4.78 is 5.37. The van der Waals surface area contributed by atoms with Gasteiger partial charge < -0.3 is 25.8 Å². The summed E-state index contributed by atoms with van der Waals surface area (Å²) in [5.41, 5.74) is 3.78. The highest BCUT2D eigenvalue weighted by molar-refractivity contribution is 7.09. The predicted molar refractivity (Wildman–Crippen MR) is 155 cm³/mol. The van der Waals surface area contributed by atoms with Crippen LogP contribution in [0.4, 0.5) is 4.79 Å². The van der Waals surface area contributed by atoms with Crippen LogP contribution in [0.15, 0.2) is 65.8 Å². The minimum absolute atomic E-state index is 0.0880. The lowest BCUT2D eigenvalue weighted by Crippen LogP contribution is -2.53. The third kappa shape index (κ3) is 10.6. The molecule has 3 amide bonds. The zero-order valence-electron chi connectivity index (χ0n) is 23.3. The van der Waals surface area contributed by atoms with Crippen LogP contribution in [0.25, 0.3) is 0 Å². The van der Waals surface area contributed by atoms with E-state index in [0.717, 1.165) is 28.9 Å². The number of nitrogens with zero attached hydrogens (tertiary/aromatic N) is 1. The van der Waals surface area contributed by atoms with E-state index in [9.17, 15) is 19.5 Å². The zero-order chi connectivity index (χ0) is 28.9. The predicted octanol–water partition coefficient (Wildman–Crippen LogP) is 4.04. The number of allylic oxidation sites excluding steroid dienone is 3. The number of carbonyl (C=O) groups is 3. The first-order chi connectivity index (χ1) is 19.2. The van der Waals surface area contributed by atoms with Gasteiger partial charge in [0, 0.05) is 19.2 Å². The number of amides is 3. The van der Waals surface area contributed by atoms with Crippen LogP contribution in [0.5, 0.6) is 0 Å². The van der Waals surface area contributed by atoms with Crippen molar-refractivity contribution in [2.24, 2.45) is 5.92 Å². The summed E-state index contributed by atoms with van der Waals surface area (Å²) in [4.78, 5) is 42.5. The van der Waals surface area contributed by atoms with Gasteiger partial charge in [-0.15, -0.1) is 11.3 Å². The molecule has 1 heterocycles. The van der Waals surface area contributed by atoms with Crippen molar-refractivity contribution in [3.05, 3.63) is 76.3 Å². The first-order valence-corrected chi connectivity index (χ1v) is 14.5. The van der Waals surface area contributed by atoms with Gasteiger partial charge >= 0.3 is 6.09 Å². The maximum Gasteiger partial charge on any atom is 0.407 e. The highest BCUT2D eigenvalue weighted by Crippen LogP contribution is 2.21. The number of benzene rings is 1. The molecule has 4 N–H and O–H groups in total. The van der Waals surface area contributed by atoms with Crippen LogP contribution in [0.2, 0.25) is 0 Å².